The number of aliphatic hydroxyl groups is 1. The predicted molar refractivity (Wildman–Crippen MR) is 52.8 cm³/mol. The Bertz CT molecular complexity index is 294. The molecule has 0 aromatic rings. The molecule has 0 aromatic carbocycles. The normalized spacial score (nSPS) is 24.4. The van der Waals surface area contributed by atoms with Crippen molar-refractivity contribution in [3.05, 3.63) is 21.3 Å². The van der Waals surface area contributed by atoms with Crippen molar-refractivity contribution in [3.63, 3.8) is 0 Å². The number of thioether (sulfide) groups is 1. The van der Waals surface area contributed by atoms with Crippen molar-refractivity contribution in [2.24, 2.45) is 0 Å². The zero-order valence-corrected chi connectivity index (χ0v) is 8.80. The Morgan fingerprint density at radius 2 is 2.08 bits per heavy atom. The van der Waals surface area contributed by atoms with Crippen LogP contribution in [-0.4, -0.2) is 15.6 Å². The first-order chi connectivity index (χ1) is 5.57. The van der Waals surface area contributed by atoms with Crippen LogP contribution in [0.25, 0.3) is 0 Å². The zero-order chi connectivity index (χ0) is 9.30. The van der Waals surface area contributed by atoms with Gasteiger partial charge in [-0.3, -0.25) is 0 Å². The summed E-state index contributed by atoms with van der Waals surface area (Å²) in [7, 11) is -1.17. The Kier molecular flexibility index (Phi) is 2.85. The Hall–Kier alpha value is -0.420. The summed E-state index contributed by atoms with van der Waals surface area (Å²) in [5.74, 6) is 0.208. The lowest BCUT2D eigenvalue weighted by Gasteiger charge is -2.18. The van der Waals surface area contributed by atoms with E-state index in [1.807, 2.05) is 6.26 Å². The van der Waals surface area contributed by atoms with Crippen LogP contribution in [0.3, 0.4) is 0 Å². The fourth-order valence-electron chi connectivity index (χ4n) is 0.926. The van der Waals surface area contributed by atoms with Crippen LogP contribution in [0, 0.1) is 0 Å². The smallest absolute Gasteiger partial charge is 0.149 e. The maximum Gasteiger partial charge on any atom is 0.149 e. The minimum atomic E-state index is -1.17. The van der Waals surface area contributed by atoms with Crippen molar-refractivity contribution < 1.29 is 9.32 Å². The standard InChI is InChI=1S/C7H11NO2S2/c1-4-6(9)7(11-3)5(2)12(10)8-4/h8-9H,1-3H3. The van der Waals surface area contributed by atoms with Crippen LogP contribution < -0.4 is 4.72 Å². The molecule has 0 bridgehead atoms. The molecule has 3 nitrogen and oxygen atoms in total. The fourth-order valence-corrected chi connectivity index (χ4v) is 2.83. The van der Waals surface area contributed by atoms with Crippen molar-refractivity contribution in [2.75, 3.05) is 6.26 Å². The second-order valence-electron chi connectivity index (χ2n) is 2.43. The highest BCUT2D eigenvalue weighted by Gasteiger charge is 2.20. The van der Waals surface area contributed by atoms with Crippen LogP contribution in [-0.2, 0) is 11.0 Å². The molecule has 0 aliphatic carbocycles. The highest BCUT2D eigenvalue weighted by molar-refractivity contribution is 8.03. The molecule has 1 aliphatic heterocycles. The summed E-state index contributed by atoms with van der Waals surface area (Å²) in [5, 5.41) is 9.53. The minimum Gasteiger partial charge on any atom is -0.505 e. The van der Waals surface area contributed by atoms with E-state index < -0.39 is 11.0 Å². The lowest BCUT2D eigenvalue weighted by Crippen LogP contribution is -2.22. The summed E-state index contributed by atoms with van der Waals surface area (Å²) >= 11 is 1.41. The monoisotopic (exact) mass is 205 g/mol. The first kappa shape index (κ1) is 9.67. The molecular formula is C7H11NO2S2. The van der Waals surface area contributed by atoms with E-state index in [0.717, 1.165) is 0 Å². The van der Waals surface area contributed by atoms with Crippen molar-refractivity contribution in [2.45, 2.75) is 13.8 Å². The molecule has 12 heavy (non-hydrogen) atoms. The molecule has 1 atom stereocenters. The Labute approximate surface area is 78.5 Å². The SMILES string of the molecule is CSC1=C(C)S(=O)NC(C)=C1O. The number of hydrogen-bond acceptors (Lipinski definition) is 3. The average molecular weight is 205 g/mol. The van der Waals surface area contributed by atoms with Gasteiger partial charge in [-0.25, -0.2) is 4.21 Å². The quantitative estimate of drug-likeness (QED) is 0.684. The van der Waals surface area contributed by atoms with E-state index in [1.165, 1.54) is 11.8 Å². The van der Waals surface area contributed by atoms with Crippen LogP contribution in [0.1, 0.15) is 13.8 Å². The fraction of sp³-hybridized carbons (Fsp3) is 0.429. The van der Waals surface area contributed by atoms with Crippen molar-refractivity contribution >= 4 is 22.7 Å². The largest absolute Gasteiger partial charge is 0.505 e. The maximum absolute atomic E-state index is 11.3. The molecule has 2 N–H and O–H groups in total. The van der Waals surface area contributed by atoms with Crippen LogP contribution in [0.2, 0.25) is 0 Å². The van der Waals surface area contributed by atoms with Gasteiger partial charge < -0.3 is 9.83 Å². The molecule has 68 valence electrons. The molecule has 0 fully saturated rings. The molecule has 5 heteroatoms. The van der Waals surface area contributed by atoms with Crippen LogP contribution in [0.4, 0.5) is 0 Å². The first-order valence-electron chi connectivity index (χ1n) is 3.41. The Balaban J connectivity index is 3.18. The summed E-state index contributed by atoms with van der Waals surface area (Å²) in [6.45, 7) is 3.45. The van der Waals surface area contributed by atoms with Gasteiger partial charge in [0.25, 0.3) is 0 Å². The second-order valence-corrected chi connectivity index (χ2v) is 4.60. The Morgan fingerprint density at radius 3 is 2.58 bits per heavy atom. The molecule has 1 unspecified atom stereocenters. The average Bonchev–Trinajstić information content (AvgIpc) is 2.02. The second kappa shape index (κ2) is 3.53. The minimum absolute atomic E-state index is 0.208. The highest BCUT2D eigenvalue weighted by atomic mass is 32.2. The van der Waals surface area contributed by atoms with E-state index in [4.69, 9.17) is 0 Å². The van der Waals surface area contributed by atoms with Gasteiger partial charge in [0.1, 0.15) is 16.7 Å². The molecule has 0 spiro atoms. The molecule has 0 aromatic heterocycles. The van der Waals surface area contributed by atoms with Crippen molar-refractivity contribution in [1.82, 2.24) is 4.72 Å². The van der Waals surface area contributed by atoms with E-state index in [2.05, 4.69) is 4.72 Å². The lowest BCUT2D eigenvalue weighted by molar-refractivity contribution is 0.419. The van der Waals surface area contributed by atoms with E-state index >= 15 is 0 Å². The third-order valence-electron chi connectivity index (χ3n) is 1.62. The molecule has 0 saturated heterocycles. The Morgan fingerprint density at radius 1 is 1.50 bits per heavy atom. The van der Waals surface area contributed by atoms with Crippen LogP contribution >= 0.6 is 11.8 Å². The molecule has 0 saturated carbocycles. The number of aliphatic hydroxyl groups excluding tert-OH is 1. The lowest BCUT2D eigenvalue weighted by atomic mass is 10.3. The first-order valence-corrected chi connectivity index (χ1v) is 5.79. The van der Waals surface area contributed by atoms with Gasteiger partial charge in [0.15, 0.2) is 0 Å². The van der Waals surface area contributed by atoms with E-state index in [1.54, 1.807) is 13.8 Å². The predicted octanol–water partition coefficient (Wildman–Crippen LogP) is 1.64. The maximum atomic E-state index is 11.3. The summed E-state index contributed by atoms with van der Waals surface area (Å²) in [6, 6.07) is 0. The number of hydrogen-bond donors (Lipinski definition) is 2. The topological polar surface area (TPSA) is 49.3 Å². The summed E-state index contributed by atoms with van der Waals surface area (Å²) in [4.78, 5) is 1.40. The van der Waals surface area contributed by atoms with Crippen LogP contribution in [0.5, 0.6) is 0 Å². The van der Waals surface area contributed by atoms with Gasteiger partial charge >= 0.3 is 0 Å². The number of nitrogens with one attached hydrogen (secondary N) is 1. The van der Waals surface area contributed by atoms with Crippen LogP contribution in [0.15, 0.2) is 21.3 Å². The number of rotatable bonds is 1. The van der Waals surface area contributed by atoms with Gasteiger partial charge in [-0.1, -0.05) is 0 Å². The van der Waals surface area contributed by atoms with Gasteiger partial charge in [0.05, 0.1) is 15.5 Å². The molecule has 0 amide bonds. The summed E-state index contributed by atoms with van der Waals surface area (Å²) in [6.07, 6.45) is 1.85. The third kappa shape index (κ3) is 1.51. The summed E-state index contributed by atoms with van der Waals surface area (Å²) < 4.78 is 14.0. The van der Waals surface area contributed by atoms with Gasteiger partial charge in [-0.15, -0.1) is 11.8 Å². The van der Waals surface area contributed by atoms with Gasteiger partial charge in [0.2, 0.25) is 0 Å². The molecule has 0 radical (unpaired) electrons. The summed E-state index contributed by atoms with van der Waals surface area (Å²) in [5.41, 5.74) is 0.572. The highest BCUT2D eigenvalue weighted by Crippen LogP contribution is 2.29. The molecule has 1 aliphatic rings. The number of allylic oxidation sites excluding steroid dienone is 2. The van der Waals surface area contributed by atoms with Crippen molar-refractivity contribution in [1.29, 1.82) is 0 Å². The van der Waals surface area contributed by atoms with E-state index in [0.29, 0.717) is 15.5 Å². The molecule has 1 heterocycles. The third-order valence-corrected chi connectivity index (χ3v) is 3.91. The van der Waals surface area contributed by atoms with Gasteiger partial charge in [0, 0.05) is 0 Å². The molecular weight excluding hydrogens is 194 g/mol. The van der Waals surface area contributed by atoms with E-state index in [-0.39, 0.29) is 5.76 Å². The van der Waals surface area contributed by atoms with Gasteiger partial charge in [-0.2, -0.15) is 0 Å². The zero-order valence-electron chi connectivity index (χ0n) is 7.17. The van der Waals surface area contributed by atoms with Crippen molar-refractivity contribution in [3.8, 4) is 0 Å². The van der Waals surface area contributed by atoms with E-state index in [9.17, 15) is 9.32 Å². The molecule has 1 rings (SSSR count). The van der Waals surface area contributed by atoms with Gasteiger partial charge in [-0.05, 0) is 20.1 Å².